The Labute approximate surface area is 266 Å². The van der Waals surface area contributed by atoms with Gasteiger partial charge < -0.3 is 29.6 Å². The van der Waals surface area contributed by atoms with E-state index in [0.29, 0.717) is 18.9 Å². The van der Waals surface area contributed by atoms with Gasteiger partial charge in [0.2, 0.25) is 11.7 Å². The van der Waals surface area contributed by atoms with Crippen molar-refractivity contribution in [3.63, 3.8) is 0 Å². The molecule has 0 unspecified atom stereocenters. The fourth-order valence-electron chi connectivity index (χ4n) is 7.56. The second-order valence-corrected chi connectivity index (χ2v) is 14.4. The van der Waals surface area contributed by atoms with Crippen LogP contribution in [0.4, 0.5) is 4.79 Å². The van der Waals surface area contributed by atoms with E-state index < -0.39 is 47.3 Å². The molecular weight excluding hydrogens is 580 g/mol. The highest BCUT2D eigenvalue weighted by atomic mass is 17.3. The summed E-state index contributed by atoms with van der Waals surface area (Å²) in [6.45, 7) is 12.1. The Hall–Kier alpha value is -2.73. The summed E-state index contributed by atoms with van der Waals surface area (Å²) in [6.07, 6.45) is 2.94. The van der Waals surface area contributed by atoms with Crippen LogP contribution in [0.3, 0.4) is 0 Å². The number of alkyl carbamates (subject to hydrolysis) is 1. The molecule has 4 saturated heterocycles. The Balaban J connectivity index is 1.18. The highest BCUT2D eigenvalue weighted by molar-refractivity contribution is 5.86. The molecule has 4 heterocycles. The normalized spacial score (nSPS) is 34.5. The molecule has 2 bridgehead atoms. The Morgan fingerprint density at radius 1 is 1.04 bits per heavy atom. The summed E-state index contributed by atoms with van der Waals surface area (Å²) in [5.74, 6) is -0.599. The van der Waals surface area contributed by atoms with Crippen molar-refractivity contribution in [1.29, 1.82) is 0 Å². The van der Waals surface area contributed by atoms with Gasteiger partial charge in [-0.25, -0.2) is 14.6 Å². The number of ether oxygens (including phenoxy) is 4. The summed E-state index contributed by atoms with van der Waals surface area (Å²) in [5.41, 5.74) is -0.511. The lowest BCUT2D eigenvalue weighted by Crippen LogP contribution is -2.70. The number of rotatable bonds is 10. The molecule has 45 heavy (non-hydrogen) atoms. The van der Waals surface area contributed by atoms with Crippen molar-refractivity contribution in [1.82, 2.24) is 10.6 Å². The fraction of sp³-hybridized carbons (Fsp3) is 0.735. The highest BCUT2D eigenvalue weighted by Gasteiger charge is 2.69. The standard InChI is InChI=1S/C34H50N2O9/c1-21-12-13-25-22(2)27(41-30-34(25)24(21)16-18-33(6,42-30)44-45-34)17-19-35-29(38)26(36-31(39)43-32(3,4)5)14-15-28(37)40-20-23-10-8-7-9-11-23/h7-11,21-22,24-27,30H,12-20H2,1-6H3,(H,35,38)(H,36,39)/t21-,22-,24+,25+,26+,27-,30-,33-,34-/m1/s1. The molecule has 6 rings (SSSR count). The maximum Gasteiger partial charge on any atom is 0.408 e. The summed E-state index contributed by atoms with van der Waals surface area (Å²) in [7, 11) is 0. The average Bonchev–Trinajstić information content (AvgIpc) is 3.21. The Bertz CT molecular complexity index is 1210. The van der Waals surface area contributed by atoms with Crippen molar-refractivity contribution < 1.29 is 43.1 Å². The van der Waals surface area contributed by atoms with E-state index in [1.54, 1.807) is 20.8 Å². The Kier molecular flexibility index (Phi) is 10.1. The second-order valence-electron chi connectivity index (χ2n) is 14.4. The topological polar surface area (TPSA) is 131 Å². The van der Waals surface area contributed by atoms with Crippen LogP contribution in [0, 0.1) is 23.7 Å². The first kappa shape index (κ1) is 33.6. The summed E-state index contributed by atoms with van der Waals surface area (Å²) in [5, 5.41) is 5.58. The molecule has 0 aromatic heterocycles. The SMILES string of the molecule is C[C@H]1[C@@H](CCNC(=O)[C@H](CCC(=O)OCc2ccccc2)NC(=O)OC(C)(C)C)O[C@@H]2O[C@@]3(C)CC[C@H]4[C@H](C)CC[C@@H]1[C@@]24OO3. The molecule has 2 amide bonds. The lowest BCUT2D eigenvalue weighted by atomic mass is 9.57. The first-order valence-corrected chi connectivity index (χ1v) is 16.5. The number of carbonyl (C=O) groups is 3. The van der Waals surface area contributed by atoms with E-state index in [9.17, 15) is 14.4 Å². The van der Waals surface area contributed by atoms with Crippen LogP contribution in [0.5, 0.6) is 0 Å². The first-order valence-electron chi connectivity index (χ1n) is 16.5. The summed E-state index contributed by atoms with van der Waals surface area (Å²) in [4.78, 5) is 50.6. The zero-order valence-electron chi connectivity index (χ0n) is 27.5. The van der Waals surface area contributed by atoms with Crippen LogP contribution < -0.4 is 10.6 Å². The van der Waals surface area contributed by atoms with Crippen LogP contribution in [0.1, 0.15) is 92.1 Å². The van der Waals surface area contributed by atoms with Crippen LogP contribution in [-0.2, 0) is 44.9 Å². The van der Waals surface area contributed by atoms with E-state index in [1.165, 1.54) is 0 Å². The molecule has 1 aromatic carbocycles. The number of carbonyl (C=O) groups excluding carboxylic acids is 3. The van der Waals surface area contributed by atoms with Gasteiger partial charge in [-0.2, -0.15) is 0 Å². The molecule has 0 radical (unpaired) electrons. The molecule has 11 nitrogen and oxygen atoms in total. The molecule has 250 valence electrons. The molecule has 1 aliphatic carbocycles. The third kappa shape index (κ3) is 7.64. The summed E-state index contributed by atoms with van der Waals surface area (Å²) >= 11 is 0. The van der Waals surface area contributed by atoms with Gasteiger partial charge in [-0.1, -0.05) is 44.2 Å². The van der Waals surface area contributed by atoms with Crippen molar-refractivity contribution in [2.45, 2.75) is 129 Å². The van der Waals surface area contributed by atoms with Gasteiger partial charge in [-0.05, 0) is 83.1 Å². The molecule has 1 saturated carbocycles. The number of benzene rings is 1. The lowest BCUT2D eigenvalue weighted by Gasteiger charge is -2.60. The predicted molar refractivity (Wildman–Crippen MR) is 163 cm³/mol. The van der Waals surface area contributed by atoms with Crippen molar-refractivity contribution in [3.05, 3.63) is 35.9 Å². The largest absolute Gasteiger partial charge is 0.461 e. The molecule has 1 spiro atoms. The van der Waals surface area contributed by atoms with Gasteiger partial charge in [0, 0.05) is 25.3 Å². The fourth-order valence-corrected chi connectivity index (χ4v) is 7.56. The molecule has 5 fully saturated rings. The summed E-state index contributed by atoms with van der Waals surface area (Å²) in [6, 6.07) is 8.37. The van der Waals surface area contributed by atoms with E-state index in [2.05, 4.69) is 24.5 Å². The minimum atomic E-state index is -0.982. The number of nitrogens with one attached hydrogen (secondary N) is 2. The smallest absolute Gasteiger partial charge is 0.408 e. The zero-order valence-corrected chi connectivity index (χ0v) is 27.5. The van der Waals surface area contributed by atoms with Crippen molar-refractivity contribution in [2.75, 3.05) is 6.54 Å². The quantitative estimate of drug-likeness (QED) is 0.266. The third-order valence-electron chi connectivity index (χ3n) is 9.91. The van der Waals surface area contributed by atoms with Crippen molar-refractivity contribution in [2.24, 2.45) is 23.7 Å². The first-order chi connectivity index (χ1) is 21.3. The van der Waals surface area contributed by atoms with Crippen LogP contribution in [0.2, 0.25) is 0 Å². The zero-order chi connectivity index (χ0) is 32.4. The second kappa shape index (κ2) is 13.6. The summed E-state index contributed by atoms with van der Waals surface area (Å²) < 4.78 is 23.8. The van der Waals surface area contributed by atoms with Crippen LogP contribution in [0.25, 0.3) is 0 Å². The maximum atomic E-state index is 13.4. The Morgan fingerprint density at radius 2 is 1.80 bits per heavy atom. The van der Waals surface area contributed by atoms with E-state index in [4.69, 9.17) is 28.7 Å². The highest BCUT2D eigenvalue weighted by Crippen LogP contribution is 2.60. The minimum absolute atomic E-state index is 0.0489. The molecule has 2 N–H and O–H groups in total. The molecule has 9 atom stereocenters. The molecule has 4 aliphatic heterocycles. The molecular formula is C34H50N2O9. The molecule has 11 heteroatoms. The number of hydrogen-bond acceptors (Lipinski definition) is 9. The van der Waals surface area contributed by atoms with Crippen molar-refractivity contribution >= 4 is 18.0 Å². The predicted octanol–water partition coefficient (Wildman–Crippen LogP) is 5.16. The van der Waals surface area contributed by atoms with E-state index >= 15 is 0 Å². The van der Waals surface area contributed by atoms with Crippen LogP contribution in [-0.4, -0.2) is 59.9 Å². The number of amides is 2. The van der Waals surface area contributed by atoms with Crippen LogP contribution >= 0.6 is 0 Å². The van der Waals surface area contributed by atoms with Gasteiger partial charge in [-0.3, -0.25) is 9.59 Å². The van der Waals surface area contributed by atoms with Gasteiger partial charge in [0.05, 0.1) is 6.10 Å². The monoisotopic (exact) mass is 630 g/mol. The number of fused-ring (bicyclic) bond motifs is 2. The van der Waals surface area contributed by atoms with E-state index in [-0.39, 0.29) is 43.3 Å². The van der Waals surface area contributed by atoms with E-state index in [0.717, 1.165) is 31.2 Å². The maximum absolute atomic E-state index is 13.4. The molecule has 5 aliphatic rings. The Morgan fingerprint density at radius 3 is 2.53 bits per heavy atom. The van der Waals surface area contributed by atoms with Crippen LogP contribution in [0.15, 0.2) is 30.3 Å². The molecule has 1 aromatic rings. The lowest BCUT2D eigenvalue weighted by molar-refractivity contribution is -0.571. The minimum Gasteiger partial charge on any atom is -0.461 e. The third-order valence-corrected chi connectivity index (χ3v) is 9.91. The van der Waals surface area contributed by atoms with Crippen molar-refractivity contribution in [3.8, 4) is 0 Å². The number of esters is 1. The van der Waals surface area contributed by atoms with Gasteiger partial charge in [0.1, 0.15) is 18.2 Å². The average molecular weight is 631 g/mol. The van der Waals surface area contributed by atoms with E-state index in [1.807, 2.05) is 37.3 Å². The van der Waals surface area contributed by atoms with Gasteiger partial charge >= 0.3 is 12.1 Å². The van der Waals surface area contributed by atoms with Gasteiger partial charge in [0.25, 0.3) is 0 Å². The number of hydrogen-bond donors (Lipinski definition) is 2. The van der Waals surface area contributed by atoms with Gasteiger partial charge in [-0.15, -0.1) is 0 Å². The van der Waals surface area contributed by atoms with Gasteiger partial charge in [0.15, 0.2) is 11.9 Å².